The number of hydrogen-bond donors (Lipinski definition) is 1. The average Bonchev–Trinajstić information content (AvgIpc) is 3.10. The summed E-state index contributed by atoms with van der Waals surface area (Å²) in [5.74, 6) is 0.833. The van der Waals surface area contributed by atoms with Crippen LogP contribution >= 0.6 is 0 Å². The fourth-order valence-electron chi connectivity index (χ4n) is 3.40. The smallest absolute Gasteiger partial charge is 0.234 e. The molecule has 0 radical (unpaired) electrons. The lowest BCUT2D eigenvalue weighted by molar-refractivity contribution is -0.122. The Hall–Kier alpha value is -2.28. The van der Waals surface area contributed by atoms with Crippen molar-refractivity contribution in [3.05, 3.63) is 42.2 Å². The summed E-state index contributed by atoms with van der Waals surface area (Å²) in [7, 11) is 1.93. The molecule has 0 bridgehead atoms. The Labute approximate surface area is 148 Å². The van der Waals surface area contributed by atoms with Gasteiger partial charge in [0, 0.05) is 25.0 Å². The largest absolute Gasteiger partial charge is 0.348 e. The number of amides is 1. The number of hydrogen-bond acceptors (Lipinski definition) is 5. The molecule has 7 heteroatoms. The van der Waals surface area contributed by atoms with Gasteiger partial charge in [-0.05, 0) is 31.5 Å². The van der Waals surface area contributed by atoms with Gasteiger partial charge >= 0.3 is 0 Å². The molecule has 0 aromatic carbocycles. The summed E-state index contributed by atoms with van der Waals surface area (Å²) in [6, 6.07) is 4.39. The first kappa shape index (κ1) is 17.5. The number of carbonyl (C=O) groups is 1. The minimum absolute atomic E-state index is 0.00964. The van der Waals surface area contributed by atoms with Crippen LogP contribution in [0.5, 0.6) is 0 Å². The van der Waals surface area contributed by atoms with Crippen molar-refractivity contribution in [1.29, 1.82) is 0 Å². The first-order valence-electron chi connectivity index (χ1n) is 8.95. The van der Waals surface area contributed by atoms with Gasteiger partial charge in [-0.15, -0.1) is 10.2 Å². The van der Waals surface area contributed by atoms with E-state index >= 15 is 0 Å². The van der Waals surface area contributed by atoms with Crippen LogP contribution in [0.25, 0.3) is 0 Å². The van der Waals surface area contributed by atoms with Gasteiger partial charge in [-0.25, -0.2) is 0 Å². The molecule has 0 aliphatic heterocycles. The maximum absolute atomic E-state index is 12.2. The summed E-state index contributed by atoms with van der Waals surface area (Å²) in [4.78, 5) is 18.3. The highest BCUT2D eigenvalue weighted by molar-refractivity contribution is 5.77. The summed E-state index contributed by atoms with van der Waals surface area (Å²) in [5, 5.41) is 11.2. The summed E-state index contributed by atoms with van der Waals surface area (Å²) in [6.07, 6.45) is 11.5. The lowest BCUT2D eigenvalue weighted by Gasteiger charge is -2.24. The van der Waals surface area contributed by atoms with Gasteiger partial charge < -0.3 is 9.88 Å². The summed E-state index contributed by atoms with van der Waals surface area (Å²) < 4.78 is 2.14. The summed E-state index contributed by atoms with van der Waals surface area (Å²) in [6.45, 7) is 1.46. The molecule has 2 aromatic rings. The Bertz CT molecular complexity index is 665. The van der Waals surface area contributed by atoms with Crippen molar-refractivity contribution in [2.75, 3.05) is 13.6 Å². The predicted molar refractivity (Wildman–Crippen MR) is 94.6 cm³/mol. The van der Waals surface area contributed by atoms with Gasteiger partial charge in [-0.2, -0.15) is 0 Å². The molecule has 1 saturated carbocycles. The topological polar surface area (TPSA) is 75.9 Å². The van der Waals surface area contributed by atoms with Gasteiger partial charge in [-0.3, -0.25) is 14.7 Å². The van der Waals surface area contributed by atoms with E-state index < -0.39 is 0 Å². The fourth-order valence-corrected chi connectivity index (χ4v) is 3.40. The van der Waals surface area contributed by atoms with E-state index in [9.17, 15) is 4.79 Å². The Morgan fingerprint density at radius 1 is 1.36 bits per heavy atom. The molecule has 0 spiro atoms. The first-order valence-corrected chi connectivity index (χ1v) is 8.95. The van der Waals surface area contributed by atoms with Gasteiger partial charge in [0.15, 0.2) is 5.82 Å². The van der Waals surface area contributed by atoms with E-state index in [0.29, 0.717) is 25.7 Å². The van der Waals surface area contributed by atoms with Gasteiger partial charge in [0.25, 0.3) is 0 Å². The molecule has 0 saturated heterocycles. The van der Waals surface area contributed by atoms with Crippen molar-refractivity contribution in [3.63, 3.8) is 0 Å². The number of nitrogens with zero attached hydrogens (tertiary/aromatic N) is 5. The Morgan fingerprint density at radius 2 is 2.20 bits per heavy atom. The maximum Gasteiger partial charge on any atom is 0.234 e. The van der Waals surface area contributed by atoms with Crippen LogP contribution < -0.4 is 5.32 Å². The molecule has 25 heavy (non-hydrogen) atoms. The summed E-state index contributed by atoms with van der Waals surface area (Å²) >= 11 is 0. The number of nitrogens with one attached hydrogen (secondary N) is 1. The lowest BCUT2D eigenvalue weighted by Crippen LogP contribution is -2.35. The van der Waals surface area contributed by atoms with Crippen molar-refractivity contribution in [1.82, 2.24) is 30.0 Å². The quantitative estimate of drug-likeness (QED) is 0.832. The zero-order valence-corrected chi connectivity index (χ0v) is 14.8. The molecule has 1 aliphatic carbocycles. The normalized spacial score (nSPS) is 15.4. The minimum Gasteiger partial charge on any atom is -0.348 e. The standard InChI is InChI=1S/C18H26N6O/c1-23(12-15-6-5-9-19-10-15)13-18(25)20-11-17-22-21-14-24(17)16-7-3-2-4-8-16/h5-6,9-10,14,16H,2-4,7-8,11-13H2,1H3,(H,20,25). The second-order valence-electron chi connectivity index (χ2n) is 6.76. The molecule has 0 unspecified atom stereocenters. The van der Waals surface area contributed by atoms with Crippen molar-refractivity contribution < 1.29 is 4.79 Å². The van der Waals surface area contributed by atoms with Gasteiger partial charge in [-0.1, -0.05) is 25.3 Å². The van der Waals surface area contributed by atoms with Crippen LogP contribution in [-0.2, 0) is 17.9 Å². The van der Waals surface area contributed by atoms with Crippen molar-refractivity contribution in [3.8, 4) is 0 Å². The van der Waals surface area contributed by atoms with E-state index in [1.54, 1.807) is 12.5 Å². The molecule has 7 nitrogen and oxygen atoms in total. The predicted octanol–water partition coefficient (Wildman–Crippen LogP) is 1.93. The van der Waals surface area contributed by atoms with Crippen LogP contribution in [0, 0.1) is 0 Å². The Balaban J connectivity index is 1.47. The second kappa shape index (κ2) is 8.71. The average molecular weight is 342 g/mol. The molecule has 1 aliphatic rings. The maximum atomic E-state index is 12.2. The number of aromatic nitrogens is 4. The lowest BCUT2D eigenvalue weighted by atomic mass is 9.95. The molecular formula is C18H26N6O. The highest BCUT2D eigenvalue weighted by atomic mass is 16.2. The van der Waals surface area contributed by atoms with Crippen molar-refractivity contribution in [2.24, 2.45) is 0 Å². The van der Waals surface area contributed by atoms with E-state index in [2.05, 4.69) is 25.1 Å². The van der Waals surface area contributed by atoms with Gasteiger partial charge in [0.1, 0.15) is 6.33 Å². The van der Waals surface area contributed by atoms with E-state index in [1.807, 2.05) is 30.3 Å². The van der Waals surface area contributed by atoms with E-state index in [-0.39, 0.29) is 5.91 Å². The Morgan fingerprint density at radius 3 is 2.96 bits per heavy atom. The molecular weight excluding hydrogens is 316 g/mol. The SMILES string of the molecule is CN(CC(=O)NCc1nncn1C1CCCCC1)Cc1cccnc1. The van der Waals surface area contributed by atoms with Crippen LogP contribution in [0.3, 0.4) is 0 Å². The third-order valence-electron chi connectivity index (χ3n) is 4.65. The molecule has 2 heterocycles. The first-order chi connectivity index (χ1) is 12.2. The number of carbonyl (C=O) groups excluding carboxylic acids is 1. The summed E-state index contributed by atoms with van der Waals surface area (Å²) in [5.41, 5.74) is 1.09. The monoisotopic (exact) mass is 342 g/mol. The van der Waals surface area contributed by atoms with Crippen LogP contribution in [-0.4, -0.2) is 44.1 Å². The van der Waals surface area contributed by atoms with Crippen LogP contribution in [0.4, 0.5) is 0 Å². The van der Waals surface area contributed by atoms with E-state index in [0.717, 1.165) is 11.4 Å². The highest BCUT2D eigenvalue weighted by Gasteiger charge is 2.18. The van der Waals surface area contributed by atoms with Gasteiger partial charge in [0.2, 0.25) is 5.91 Å². The molecule has 134 valence electrons. The number of rotatable bonds is 7. The zero-order valence-electron chi connectivity index (χ0n) is 14.8. The molecule has 1 amide bonds. The Kier molecular flexibility index (Phi) is 6.11. The van der Waals surface area contributed by atoms with Crippen LogP contribution in [0.15, 0.2) is 30.9 Å². The third-order valence-corrected chi connectivity index (χ3v) is 4.65. The third kappa shape index (κ3) is 5.09. The van der Waals surface area contributed by atoms with Crippen molar-refractivity contribution in [2.45, 2.75) is 51.2 Å². The van der Waals surface area contributed by atoms with E-state index in [1.165, 1.54) is 32.1 Å². The number of pyridine rings is 1. The zero-order chi connectivity index (χ0) is 17.5. The fraction of sp³-hybridized carbons (Fsp3) is 0.556. The molecule has 1 fully saturated rings. The number of likely N-dealkylation sites (N-methyl/N-ethyl adjacent to an activating group) is 1. The van der Waals surface area contributed by atoms with Crippen LogP contribution in [0.1, 0.15) is 49.5 Å². The second-order valence-corrected chi connectivity index (χ2v) is 6.76. The van der Waals surface area contributed by atoms with Gasteiger partial charge in [0.05, 0.1) is 13.1 Å². The highest BCUT2D eigenvalue weighted by Crippen LogP contribution is 2.28. The van der Waals surface area contributed by atoms with Crippen molar-refractivity contribution >= 4 is 5.91 Å². The molecule has 3 rings (SSSR count). The molecule has 0 atom stereocenters. The van der Waals surface area contributed by atoms with E-state index in [4.69, 9.17) is 0 Å². The molecule has 2 aromatic heterocycles. The molecule has 1 N–H and O–H groups in total. The van der Waals surface area contributed by atoms with Crippen LogP contribution in [0.2, 0.25) is 0 Å². The minimum atomic E-state index is -0.00964.